The Bertz CT molecular complexity index is 1860. The van der Waals surface area contributed by atoms with Crippen molar-refractivity contribution in [3.05, 3.63) is 101 Å². The Kier molecular flexibility index (Phi) is 6.52. The van der Waals surface area contributed by atoms with Crippen molar-refractivity contribution in [1.29, 1.82) is 0 Å². The van der Waals surface area contributed by atoms with Crippen LogP contribution < -0.4 is 15.0 Å². The molecule has 0 amide bonds. The second kappa shape index (κ2) is 9.83. The molecule has 1 N–H and O–H groups in total. The number of nitrogens with zero attached hydrogens (tertiary/aromatic N) is 4. The van der Waals surface area contributed by atoms with Crippen molar-refractivity contribution in [2.24, 2.45) is 0 Å². The van der Waals surface area contributed by atoms with Gasteiger partial charge in [0.1, 0.15) is 5.75 Å². The predicted molar refractivity (Wildman–Crippen MR) is 137 cm³/mol. The zero-order valence-corrected chi connectivity index (χ0v) is 20.9. The van der Waals surface area contributed by atoms with E-state index in [9.17, 15) is 26.4 Å². The maximum absolute atomic E-state index is 13.2. The largest absolute Gasteiger partial charge is 0.495 e. The Labute approximate surface area is 219 Å². The molecule has 0 radical (unpaired) electrons. The van der Waals surface area contributed by atoms with Crippen LogP contribution in [0.3, 0.4) is 0 Å². The molecule has 0 aliphatic carbocycles. The van der Waals surface area contributed by atoms with Gasteiger partial charge in [0.05, 0.1) is 40.5 Å². The summed E-state index contributed by atoms with van der Waals surface area (Å²) in [5, 5.41) is 0. The summed E-state index contributed by atoms with van der Waals surface area (Å²) in [6.07, 6.45) is -0.694. The molecule has 2 heterocycles. The molecule has 0 aliphatic heterocycles. The van der Waals surface area contributed by atoms with Crippen LogP contribution in [0.2, 0.25) is 0 Å². The molecule has 198 valence electrons. The van der Waals surface area contributed by atoms with Crippen LogP contribution in [0.1, 0.15) is 5.56 Å². The number of ether oxygens (including phenoxy) is 1. The molecule has 9 nitrogen and oxygen atoms in total. The molecule has 3 aromatic carbocycles. The predicted octanol–water partition coefficient (Wildman–Crippen LogP) is 4.67. The summed E-state index contributed by atoms with van der Waals surface area (Å²) in [6.45, 7) is 0. The molecule has 0 bridgehead atoms. The molecule has 2 aromatic heterocycles. The quantitative estimate of drug-likeness (QED) is 0.325. The fourth-order valence-electron chi connectivity index (χ4n) is 3.96. The number of anilines is 1. The van der Waals surface area contributed by atoms with E-state index in [1.165, 1.54) is 72.6 Å². The average Bonchev–Trinajstić information content (AvgIpc) is 2.92. The fraction of sp³-hybridized carbons (Fsp3) is 0.0769. The Balaban J connectivity index is 1.58. The first-order valence-electron chi connectivity index (χ1n) is 11.2. The summed E-state index contributed by atoms with van der Waals surface area (Å²) < 4.78 is 74.3. The van der Waals surface area contributed by atoms with Crippen LogP contribution >= 0.6 is 0 Å². The molecule has 5 rings (SSSR count). The van der Waals surface area contributed by atoms with Gasteiger partial charge in [0.25, 0.3) is 15.6 Å². The van der Waals surface area contributed by atoms with Gasteiger partial charge in [0.2, 0.25) is 5.95 Å². The van der Waals surface area contributed by atoms with Crippen molar-refractivity contribution < 1.29 is 26.3 Å². The molecule has 0 fully saturated rings. The van der Waals surface area contributed by atoms with Gasteiger partial charge in [-0.2, -0.15) is 13.2 Å². The third kappa shape index (κ3) is 5.16. The van der Waals surface area contributed by atoms with Crippen molar-refractivity contribution in [3.63, 3.8) is 0 Å². The lowest BCUT2D eigenvalue weighted by atomic mass is 10.0. The van der Waals surface area contributed by atoms with Crippen LogP contribution in [-0.4, -0.2) is 35.0 Å². The molecule has 5 aromatic rings. The molecule has 0 saturated carbocycles. The van der Waals surface area contributed by atoms with E-state index < -0.39 is 27.3 Å². The van der Waals surface area contributed by atoms with Gasteiger partial charge in [-0.15, -0.1) is 0 Å². The first kappa shape index (κ1) is 25.9. The molecular formula is C26H18F3N5O4S. The lowest BCUT2D eigenvalue weighted by Crippen LogP contribution is -2.20. The molecule has 0 unspecified atom stereocenters. The van der Waals surface area contributed by atoms with Gasteiger partial charge < -0.3 is 4.74 Å². The summed E-state index contributed by atoms with van der Waals surface area (Å²) in [5.74, 6) is 0.0974. The Morgan fingerprint density at radius 1 is 0.897 bits per heavy atom. The van der Waals surface area contributed by atoms with Crippen LogP contribution in [0.15, 0.2) is 95.0 Å². The first-order valence-corrected chi connectivity index (χ1v) is 12.7. The third-order valence-electron chi connectivity index (χ3n) is 5.77. The number of nitrogens with one attached hydrogen (secondary N) is 1. The summed E-state index contributed by atoms with van der Waals surface area (Å²) in [5.41, 5.74) is 0.189. The lowest BCUT2D eigenvalue weighted by Gasteiger charge is -2.16. The second-order valence-electron chi connectivity index (χ2n) is 8.23. The number of aromatic nitrogens is 4. The van der Waals surface area contributed by atoms with Crippen molar-refractivity contribution in [1.82, 2.24) is 19.5 Å². The Hall–Kier alpha value is -4.78. The minimum absolute atomic E-state index is 0.110. The average molecular weight is 554 g/mol. The smallest absolute Gasteiger partial charge is 0.416 e. The highest BCUT2D eigenvalue weighted by Crippen LogP contribution is 2.35. The van der Waals surface area contributed by atoms with Crippen LogP contribution in [0.25, 0.3) is 27.8 Å². The van der Waals surface area contributed by atoms with Crippen LogP contribution in [0.5, 0.6) is 5.75 Å². The van der Waals surface area contributed by atoms with E-state index in [-0.39, 0.29) is 33.3 Å². The van der Waals surface area contributed by atoms with Gasteiger partial charge in [-0.1, -0.05) is 18.2 Å². The van der Waals surface area contributed by atoms with Crippen molar-refractivity contribution >= 4 is 27.0 Å². The zero-order valence-electron chi connectivity index (χ0n) is 20.0. The highest BCUT2D eigenvalue weighted by Gasteiger charge is 2.30. The minimum atomic E-state index is -4.50. The third-order valence-corrected chi connectivity index (χ3v) is 7.09. The number of halogens is 3. The number of fused-ring (bicyclic) bond motifs is 1. The van der Waals surface area contributed by atoms with Crippen LogP contribution in [0, 0.1) is 0 Å². The number of sulfonamides is 1. The number of benzene rings is 3. The van der Waals surface area contributed by atoms with E-state index in [2.05, 4.69) is 19.7 Å². The van der Waals surface area contributed by atoms with Gasteiger partial charge in [-0.05, 0) is 59.7 Å². The van der Waals surface area contributed by atoms with Gasteiger partial charge in [-0.25, -0.2) is 28.1 Å². The fourth-order valence-corrected chi connectivity index (χ4v) is 4.94. The maximum atomic E-state index is 13.2. The van der Waals surface area contributed by atoms with E-state index in [4.69, 9.17) is 4.74 Å². The standard InChI is InChI=1S/C26H18F3N5O4S/c1-38-23-13-17(16-4-2-5-18(12-16)26(27,28)29)6-8-22(23)34-21-9-7-19(14-20(21)32-15-24(34)35)39(36,37)33-25-30-10-3-11-31-25/h2-15H,1H3,(H,30,31,33). The Morgan fingerprint density at radius 2 is 1.64 bits per heavy atom. The number of alkyl halides is 3. The van der Waals surface area contributed by atoms with Gasteiger partial charge in [0, 0.05) is 12.4 Å². The highest BCUT2D eigenvalue weighted by atomic mass is 32.2. The zero-order chi connectivity index (χ0) is 27.8. The van der Waals surface area contributed by atoms with Gasteiger partial charge in [0.15, 0.2) is 0 Å². The monoisotopic (exact) mass is 553 g/mol. The van der Waals surface area contributed by atoms with Crippen LogP contribution in [-0.2, 0) is 16.2 Å². The van der Waals surface area contributed by atoms with Crippen molar-refractivity contribution in [3.8, 4) is 22.6 Å². The first-order chi connectivity index (χ1) is 18.6. The molecule has 0 saturated heterocycles. The normalized spacial score (nSPS) is 11.9. The molecular weight excluding hydrogens is 535 g/mol. The summed E-state index contributed by atoms with van der Waals surface area (Å²) >= 11 is 0. The second-order valence-corrected chi connectivity index (χ2v) is 9.91. The summed E-state index contributed by atoms with van der Waals surface area (Å²) in [7, 11) is -2.70. The topological polar surface area (TPSA) is 116 Å². The highest BCUT2D eigenvalue weighted by molar-refractivity contribution is 7.92. The molecule has 0 atom stereocenters. The number of hydrogen-bond donors (Lipinski definition) is 1. The molecule has 13 heteroatoms. The Morgan fingerprint density at radius 3 is 2.36 bits per heavy atom. The summed E-state index contributed by atoms with van der Waals surface area (Å²) in [4.78, 5) is 24.6. The molecule has 0 spiro atoms. The lowest BCUT2D eigenvalue weighted by molar-refractivity contribution is -0.137. The maximum Gasteiger partial charge on any atom is 0.416 e. The van der Waals surface area contributed by atoms with E-state index in [1.54, 1.807) is 6.07 Å². The summed E-state index contributed by atoms with van der Waals surface area (Å²) in [6, 6.07) is 15.0. The number of methoxy groups -OCH3 is 1. The van der Waals surface area contributed by atoms with Crippen LogP contribution in [0.4, 0.5) is 19.1 Å². The van der Waals surface area contributed by atoms with E-state index >= 15 is 0 Å². The van der Waals surface area contributed by atoms with Crippen molar-refractivity contribution in [2.45, 2.75) is 11.1 Å². The number of rotatable bonds is 6. The molecule has 0 aliphatic rings. The SMILES string of the molecule is COc1cc(-c2cccc(C(F)(F)F)c2)ccc1-n1c(=O)cnc2cc(S(=O)(=O)Nc3ncccn3)ccc21. The molecule has 39 heavy (non-hydrogen) atoms. The van der Waals surface area contributed by atoms with Crippen molar-refractivity contribution in [2.75, 3.05) is 11.8 Å². The van der Waals surface area contributed by atoms with E-state index in [0.29, 0.717) is 11.1 Å². The van der Waals surface area contributed by atoms with E-state index in [1.807, 2.05) is 0 Å². The minimum Gasteiger partial charge on any atom is -0.495 e. The number of hydrogen-bond acceptors (Lipinski definition) is 7. The van der Waals surface area contributed by atoms with Gasteiger partial charge >= 0.3 is 6.18 Å². The van der Waals surface area contributed by atoms with Gasteiger partial charge in [-0.3, -0.25) is 9.36 Å². The van der Waals surface area contributed by atoms with E-state index in [0.717, 1.165) is 18.3 Å².